The Morgan fingerprint density at radius 1 is 1.18 bits per heavy atom. The van der Waals surface area contributed by atoms with Gasteiger partial charge in [0.1, 0.15) is 12.0 Å². The van der Waals surface area contributed by atoms with E-state index in [0.717, 1.165) is 6.29 Å². The molecule has 0 saturated heterocycles. The zero-order valence-corrected chi connectivity index (χ0v) is 6.16. The molecule has 0 aliphatic carbocycles. The second-order valence-corrected chi connectivity index (χ2v) is 1.71. The highest BCUT2D eigenvalue weighted by Crippen LogP contribution is 2.07. The van der Waals surface area contributed by atoms with Crippen LogP contribution in [0.15, 0.2) is 37.4 Å². The smallest absolute Gasteiger partial charge is 0.150 e. The number of hydrogen-bond donors (Lipinski definition) is 1. The number of aromatic hydroxyl groups is 1. The predicted octanol–water partition coefficient (Wildman–Crippen LogP) is 2.01. The minimum absolute atomic E-state index is 0.181. The number of hydrogen-bond acceptors (Lipinski definition) is 2. The SMILES string of the molecule is C=C.O=Cc1ccc(O)cc1. The molecule has 0 amide bonds. The number of aldehydes is 1. The summed E-state index contributed by atoms with van der Waals surface area (Å²) in [6, 6.07) is 6.07. The Balaban J connectivity index is 0.000000461. The van der Waals surface area contributed by atoms with Crippen molar-refractivity contribution < 1.29 is 9.90 Å². The van der Waals surface area contributed by atoms with Crippen LogP contribution in [0.4, 0.5) is 0 Å². The third-order valence-corrected chi connectivity index (χ3v) is 1.03. The molecule has 0 unspecified atom stereocenters. The van der Waals surface area contributed by atoms with E-state index in [4.69, 9.17) is 5.11 Å². The molecule has 0 fully saturated rings. The van der Waals surface area contributed by atoms with Crippen molar-refractivity contribution in [2.24, 2.45) is 0 Å². The number of benzene rings is 1. The van der Waals surface area contributed by atoms with Crippen molar-refractivity contribution in [1.82, 2.24) is 0 Å². The maximum atomic E-state index is 10.0. The van der Waals surface area contributed by atoms with Crippen LogP contribution in [0.3, 0.4) is 0 Å². The molecule has 0 atom stereocenters. The molecule has 0 radical (unpaired) electrons. The lowest BCUT2D eigenvalue weighted by atomic mass is 10.2. The number of rotatable bonds is 1. The second kappa shape index (κ2) is 5.23. The van der Waals surface area contributed by atoms with Crippen LogP contribution in [0.25, 0.3) is 0 Å². The molecule has 0 bridgehead atoms. The van der Waals surface area contributed by atoms with Crippen LogP contribution in [0.2, 0.25) is 0 Å². The highest BCUT2D eigenvalue weighted by Gasteiger charge is 1.86. The van der Waals surface area contributed by atoms with Gasteiger partial charge in [-0.2, -0.15) is 0 Å². The second-order valence-electron chi connectivity index (χ2n) is 1.71. The van der Waals surface area contributed by atoms with Gasteiger partial charge in [-0.1, -0.05) is 0 Å². The maximum Gasteiger partial charge on any atom is 0.150 e. The van der Waals surface area contributed by atoms with Crippen molar-refractivity contribution in [1.29, 1.82) is 0 Å². The number of phenols is 1. The fourth-order valence-electron chi connectivity index (χ4n) is 0.553. The van der Waals surface area contributed by atoms with E-state index in [1.54, 1.807) is 12.1 Å². The van der Waals surface area contributed by atoms with Gasteiger partial charge in [0.2, 0.25) is 0 Å². The van der Waals surface area contributed by atoms with E-state index in [0.29, 0.717) is 5.56 Å². The lowest BCUT2D eigenvalue weighted by Crippen LogP contribution is -1.74. The normalized spacial score (nSPS) is 7.64. The number of carbonyl (C=O) groups is 1. The summed E-state index contributed by atoms with van der Waals surface area (Å²) in [4.78, 5) is 10.0. The van der Waals surface area contributed by atoms with E-state index in [1.807, 2.05) is 0 Å². The van der Waals surface area contributed by atoms with Gasteiger partial charge in [0.15, 0.2) is 0 Å². The van der Waals surface area contributed by atoms with Crippen LogP contribution in [0.5, 0.6) is 5.75 Å². The highest BCUT2D eigenvalue weighted by atomic mass is 16.3. The van der Waals surface area contributed by atoms with Gasteiger partial charge >= 0.3 is 0 Å². The molecule has 1 aromatic carbocycles. The summed E-state index contributed by atoms with van der Waals surface area (Å²) in [5.41, 5.74) is 0.577. The first-order valence-electron chi connectivity index (χ1n) is 3.07. The number of phenolic OH excluding ortho intramolecular Hbond substituents is 1. The first-order valence-corrected chi connectivity index (χ1v) is 3.07. The molecule has 2 nitrogen and oxygen atoms in total. The van der Waals surface area contributed by atoms with Crippen molar-refractivity contribution in [3.8, 4) is 5.75 Å². The quantitative estimate of drug-likeness (QED) is 0.491. The summed E-state index contributed by atoms with van der Waals surface area (Å²) in [7, 11) is 0. The monoisotopic (exact) mass is 150 g/mol. The van der Waals surface area contributed by atoms with Gasteiger partial charge in [-0.15, -0.1) is 13.2 Å². The average Bonchev–Trinajstić information content (AvgIpc) is 2.10. The zero-order chi connectivity index (χ0) is 8.69. The molecule has 1 aromatic rings. The largest absolute Gasteiger partial charge is 0.508 e. The van der Waals surface area contributed by atoms with Gasteiger partial charge in [0, 0.05) is 5.56 Å². The van der Waals surface area contributed by atoms with Crippen molar-refractivity contribution in [2.75, 3.05) is 0 Å². The van der Waals surface area contributed by atoms with Gasteiger partial charge in [0.05, 0.1) is 0 Å². The summed E-state index contributed by atoms with van der Waals surface area (Å²) in [6.07, 6.45) is 0.736. The minimum atomic E-state index is 0.181. The van der Waals surface area contributed by atoms with E-state index >= 15 is 0 Å². The molecule has 0 saturated carbocycles. The Labute approximate surface area is 65.8 Å². The van der Waals surface area contributed by atoms with E-state index < -0.39 is 0 Å². The van der Waals surface area contributed by atoms with Gasteiger partial charge in [-0.05, 0) is 24.3 Å². The predicted molar refractivity (Wildman–Crippen MR) is 44.7 cm³/mol. The molecule has 11 heavy (non-hydrogen) atoms. The van der Waals surface area contributed by atoms with Crippen LogP contribution in [-0.4, -0.2) is 11.4 Å². The third-order valence-electron chi connectivity index (χ3n) is 1.03. The van der Waals surface area contributed by atoms with E-state index in [1.165, 1.54) is 12.1 Å². The van der Waals surface area contributed by atoms with Crippen molar-refractivity contribution in [3.05, 3.63) is 43.0 Å². The van der Waals surface area contributed by atoms with Crippen molar-refractivity contribution in [2.45, 2.75) is 0 Å². The standard InChI is InChI=1S/C7H6O2.C2H4/c8-5-6-1-3-7(9)4-2-6;1-2/h1-5,9H;1-2H2. The molecule has 2 heteroatoms. The van der Waals surface area contributed by atoms with Crippen molar-refractivity contribution >= 4 is 6.29 Å². The first-order chi connectivity index (χ1) is 5.33. The zero-order valence-electron chi connectivity index (χ0n) is 6.16. The van der Waals surface area contributed by atoms with Crippen LogP contribution in [0, 0.1) is 0 Å². The first kappa shape index (κ1) is 9.43. The van der Waals surface area contributed by atoms with Gasteiger partial charge in [-0.3, -0.25) is 4.79 Å². The Morgan fingerprint density at radius 2 is 1.64 bits per heavy atom. The molecule has 0 aliphatic heterocycles. The molecule has 58 valence electrons. The molecular weight excluding hydrogens is 140 g/mol. The van der Waals surface area contributed by atoms with Crippen LogP contribution >= 0.6 is 0 Å². The topological polar surface area (TPSA) is 37.3 Å². The summed E-state index contributed by atoms with van der Waals surface area (Å²) < 4.78 is 0. The minimum Gasteiger partial charge on any atom is -0.508 e. The summed E-state index contributed by atoms with van der Waals surface area (Å²) >= 11 is 0. The molecule has 1 rings (SSSR count). The van der Waals surface area contributed by atoms with Gasteiger partial charge in [0.25, 0.3) is 0 Å². The lowest BCUT2D eigenvalue weighted by Gasteiger charge is -1.88. The Morgan fingerprint density at radius 3 is 2.00 bits per heavy atom. The molecule has 0 aromatic heterocycles. The fraction of sp³-hybridized carbons (Fsp3) is 0. The summed E-state index contributed by atoms with van der Waals surface area (Å²) in [6.45, 7) is 6.00. The number of carbonyl (C=O) groups excluding carboxylic acids is 1. The van der Waals surface area contributed by atoms with Gasteiger partial charge < -0.3 is 5.11 Å². The van der Waals surface area contributed by atoms with Crippen LogP contribution in [0.1, 0.15) is 10.4 Å². The van der Waals surface area contributed by atoms with Crippen molar-refractivity contribution in [3.63, 3.8) is 0 Å². The summed E-state index contributed by atoms with van der Waals surface area (Å²) in [5.74, 6) is 0.181. The van der Waals surface area contributed by atoms with Crippen LogP contribution in [-0.2, 0) is 0 Å². The Bertz CT molecular complexity index is 214. The molecule has 0 aliphatic rings. The van der Waals surface area contributed by atoms with E-state index in [9.17, 15) is 4.79 Å². The third kappa shape index (κ3) is 3.20. The van der Waals surface area contributed by atoms with E-state index in [2.05, 4.69) is 13.2 Å². The lowest BCUT2D eigenvalue weighted by molar-refractivity contribution is 0.112. The van der Waals surface area contributed by atoms with Gasteiger partial charge in [-0.25, -0.2) is 0 Å². The Hall–Kier alpha value is -1.57. The molecular formula is C9H10O2. The molecule has 0 spiro atoms. The highest BCUT2D eigenvalue weighted by molar-refractivity contribution is 5.74. The maximum absolute atomic E-state index is 10.0. The Kier molecular flexibility index (Phi) is 4.49. The molecule has 0 heterocycles. The molecule has 1 N–H and O–H groups in total. The van der Waals surface area contributed by atoms with Crippen LogP contribution < -0.4 is 0 Å². The van der Waals surface area contributed by atoms with E-state index in [-0.39, 0.29) is 5.75 Å². The summed E-state index contributed by atoms with van der Waals surface area (Å²) in [5, 5.41) is 8.74. The average molecular weight is 150 g/mol. The fourth-order valence-corrected chi connectivity index (χ4v) is 0.553.